The van der Waals surface area contributed by atoms with Crippen molar-refractivity contribution in [1.82, 2.24) is 25.0 Å². The van der Waals surface area contributed by atoms with Crippen LogP contribution in [-0.4, -0.2) is 63.3 Å². The summed E-state index contributed by atoms with van der Waals surface area (Å²) in [5.74, 6) is 0.00800. The number of pyridine rings is 1. The summed E-state index contributed by atoms with van der Waals surface area (Å²) in [6.07, 6.45) is 3.88. The van der Waals surface area contributed by atoms with Crippen LogP contribution in [0.3, 0.4) is 0 Å². The van der Waals surface area contributed by atoms with E-state index in [1.165, 1.54) is 18.2 Å². The number of nitrogens with zero attached hydrogens (tertiary/aromatic N) is 5. The van der Waals surface area contributed by atoms with Crippen LogP contribution in [0.5, 0.6) is 5.75 Å². The molecule has 182 valence electrons. The van der Waals surface area contributed by atoms with E-state index in [1.54, 1.807) is 30.6 Å². The van der Waals surface area contributed by atoms with Gasteiger partial charge in [-0.05, 0) is 55.9 Å². The molecule has 2 aromatic carbocycles. The highest BCUT2D eigenvalue weighted by atomic mass is 35.5. The van der Waals surface area contributed by atoms with E-state index in [0.29, 0.717) is 40.3 Å². The topological polar surface area (TPSA) is 83.5 Å². The van der Waals surface area contributed by atoms with Crippen molar-refractivity contribution in [2.45, 2.75) is 18.5 Å². The lowest BCUT2D eigenvalue weighted by Crippen LogP contribution is -2.48. The van der Waals surface area contributed by atoms with Crippen molar-refractivity contribution in [2.75, 3.05) is 25.5 Å². The molecule has 4 aromatic rings. The average Bonchev–Trinajstić information content (AvgIpc) is 3.45. The Kier molecular flexibility index (Phi) is 5.66. The highest BCUT2D eigenvalue weighted by molar-refractivity contribution is 6.30. The third kappa shape index (κ3) is 4.20. The molecule has 0 spiro atoms. The number of benzene rings is 2. The molecule has 0 saturated carbocycles. The van der Waals surface area contributed by atoms with Gasteiger partial charge in [0.05, 0.1) is 23.1 Å². The summed E-state index contributed by atoms with van der Waals surface area (Å²) >= 11 is 6.03. The maximum Gasteiger partial charge on any atom is 0.415 e. The van der Waals surface area contributed by atoms with Crippen molar-refractivity contribution in [2.24, 2.45) is 0 Å². The average molecular weight is 505 g/mol. The molecule has 2 bridgehead atoms. The van der Waals surface area contributed by atoms with Crippen molar-refractivity contribution in [1.29, 1.82) is 0 Å². The van der Waals surface area contributed by atoms with E-state index < -0.39 is 5.82 Å². The predicted molar refractivity (Wildman–Crippen MR) is 135 cm³/mol. The number of anilines is 2. The second-order valence-electron chi connectivity index (χ2n) is 9.12. The molecule has 0 aliphatic carbocycles. The van der Waals surface area contributed by atoms with E-state index in [2.05, 4.69) is 32.4 Å². The number of amides is 1. The number of carbonyl (C=O) groups is 1. The molecule has 2 aromatic heterocycles. The van der Waals surface area contributed by atoms with Gasteiger partial charge >= 0.3 is 6.09 Å². The molecule has 2 unspecified atom stereocenters. The van der Waals surface area contributed by atoms with Crippen molar-refractivity contribution >= 4 is 40.0 Å². The fourth-order valence-corrected chi connectivity index (χ4v) is 5.14. The lowest BCUT2D eigenvalue weighted by Gasteiger charge is -2.31. The molecular formula is C26H22ClFN6O2. The lowest BCUT2D eigenvalue weighted by atomic mass is 10.1. The first-order valence-electron chi connectivity index (χ1n) is 11.6. The van der Waals surface area contributed by atoms with Crippen LogP contribution in [0.1, 0.15) is 6.42 Å². The maximum absolute atomic E-state index is 14.3. The molecule has 2 saturated heterocycles. The van der Waals surface area contributed by atoms with Crippen LogP contribution in [0, 0.1) is 5.82 Å². The fourth-order valence-electron chi connectivity index (χ4n) is 4.97. The molecule has 10 heteroatoms. The largest absolute Gasteiger partial charge is 0.415 e. The summed E-state index contributed by atoms with van der Waals surface area (Å²) in [6, 6.07) is 13.8. The molecule has 6 rings (SSSR count). The van der Waals surface area contributed by atoms with Crippen LogP contribution < -0.4 is 10.1 Å². The second kappa shape index (κ2) is 9.00. The number of ether oxygens (including phenoxy) is 1. The van der Waals surface area contributed by atoms with E-state index in [-0.39, 0.29) is 17.7 Å². The van der Waals surface area contributed by atoms with Gasteiger partial charge in [-0.1, -0.05) is 11.6 Å². The van der Waals surface area contributed by atoms with Crippen LogP contribution >= 0.6 is 11.6 Å². The molecule has 2 fully saturated rings. The van der Waals surface area contributed by atoms with Crippen molar-refractivity contribution < 1.29 is 13.9 Å². The number of rotatable bonds is 4. The van der Waals surface area contributed by atoms with Gasteiger partial charge in [0, 0.05) is 59.1 Å². The van der Waals surface area contributed by atoms with Gasteiger partial charge in [0.15, 0.2) is 0 Å². The Bertz CT molecular complexity index is 1480. The summed E-state index contributed by atoms with van der Waals surface area (Å²) in [7, 11) is 2.09. The summed E-state index contributed by atoms with van der Waals surface area (Å²) in [4.78, 5) is 21.3. The van der Waals surface area contributed by atoms with Gasteiger partial charge in [0.1, 0.15) is 11.6 Å². The third-order valence-corrected chi connectivity index (χ3v) is 7.04. The van der Waals surface area contributed by atoms with E-state index in [4.69, 9.17) is 16.3 Å². The van der Waals surface area contributed by atoms with Crippen molar-refractivity contribution in [3.8, 4) is 17.0 Å². The van der Waals surface area contributed by atoms with E-state index in [0.717, 1.165) is 24.0 Å². The quantitative estimate of drug-likeness (QED) is 0.413. The first-order valence-corrected chi connectivity index (χ1v) is 11.9. The summed E-state index contributed by atoms with van der Waals surface area (Å²) in [5.41, 5.74) is 2.67. The zero-order chi connectivity index (χ0) is 24.8. The molecule has 1 N–H and O–H groups in total. The number of fused-ring (bicyclic) bond motifs is 3. The Morgan fingerprint density at radius 3 is 2.83 bits per heavy atom. The van der Waals surface area contributed by atoms with Crippen LogP contribution in [-0.2, 0) is 0 Å². The molecule has 2 atom stereocenters. The monoisotopic (exact) mass is 504 g/mol. The van der Waals surface area contributed by atoms with Crippen molar-refractivity contribution in [3.63, 3.8) is 0 Å². The Labute approximate surface area is 211 Å². The van der Waals surface area contributed by atoms with Gasteiger partial charge < -0.3 is 15.0 Å². The van der Waals surface area contributed by atoms with Gasteiger partial charge in [-0.2, -0.15) is 10.2 Å². The van der Waals surface area contributed by atoms with Crippen LogP contribution in [0.25, 0.3) is 22.2 Å². The number of carbonyl (C=O) groups excluding carboxylic acids is 1. The lowest BCUT2D eigenvalue weighted by molar-refractivity contribution is 0.118. The first kappa shape index (κ1) is 22.6. The summed E-state index contributed by atoms with van der Waals surface area (Å²) in [6.45, 7) is 1.57. The Morgan fingerprint density at radius 2 is 2.03 bits per heavy atom. The second-order valence-corrected chi connectivity index (χ2v) is 9.56. The summed E-state index contributed by atoms with van der Waals surface area (Å²) < 4.78 is 20.0. The molecular weight excluding hydrogens is 483 g/mol. The van der Waals surface area contributed by atoms with Gasteiger partial charge in [0.25, 0.3) is 0 Å². The van der Waals surface area contributed by atoms with E-state index in [9.17, 15) is 9.18 Å². The number of likely N-dealkylation sites (tertiary alicyclic amines) is 2. The third-order valence-electron chi connectivity index (χ3n) is 6.81. The smallest absolute Gasteiger partial charge is 0.410 e. The number of halogens is 2. The van der Waals surface area contributed by atoms with Gasteiger partial charge in [-0.15, -0.1) is 0 Å². The number of nitrogens with one attached hydrogen (secondary N) is 1. The number of likely N-dealkylation sites (N-methyl/N-ethyl adjacent to an activating group) is 1. The molecule has 2 aliphatic rings. The highest BCUT2D eigenvalue weighted by Gasteiger charge is 2.44. The molecule has 1 amide bonds. The zero-order valence-corrected chi connectivity index (χ0v) is 20.1. The number of hydrogen-bond acceptors (Lipinski definition) is 7. The van der Waals surface area contributed by atoms with Crippen LogP contribution in [0.4, 0.5) is 20.6 Å². The standard InChI is InChI=1S/C26H22ClFN6O2/c1-33-13-18-10-17(33)14-34(18)26(35)36-19-3-4-20-23(6-7-29-24(20)11-19)31-16-9-25(32-30-12-16)21-8-15(27)2-5-22(21)28/h2-9,11-12,17-18H,10,13-14H2,1H3,(H,29,31,32). The minimum Gasteiger partial charge on any atom is -0.410 e. The highest BCUT2D eigenvalue weighted by Crippen LogP contribution is 2.32. The number of hydrogen-bond donors (Lipinski definition) is 1. The fraction of sp³-hybridized carbons (Fsp3) is 0.231. The predicted octanol–water partition coefficient (Wildman–Crippen LogP) is 5.12. The molecule has 0 radical (unpaired) electrons. The molecule has 36 heavy (non-hydrogen) atoms. The number of piperazine rings is 1. The Hall–Kier alpha value is -3.82. The van der Waals surface area contributed by atoms with Crippen LogP contribution in [0.15, 0.2) is 60.9 Å². The van der Waals surface area contributed by atoms with E-state index >= 15 is 0 Å². The van der Waals surface area contributed by atoms with E-state index in [1.807, 2.05) is 17.0 Å². The minimum atomic E-state index is -0.434. The van der Waals surface area contributed by atoms with Gasteiger partial charge in [-0.25, -0.2) is 9.18 Å². The molecule has 4 heterocycles. The molecule has 8 nitrogen and oxygen atoms in total. The SMILES string of the molecule is CN1CC2CC1CN2C(=O)Oc1ccc2c(Nc3cnnc(-c4cc(Cl)ccc4F)c3)ccnc2c1. The van der Waals surface area contributed by atoms with Crippen LogP contribution in [0.2, 0.25) is 5.02 Å². The normalized spacial score (nSPS) is 19.1. The number of aromatic nitrogens is 3. The first-order chi connectivity index (χ1) is 17.4. The summed E-state index contributed by atoms with van der Waals surface area (Å²) in [5, 5.41) is 12.6. The van der Waals surface area contributed by atoms with Crippen molar-refractivity contribution in [3.05, 3.63) is 71.8 Å². The van der Waals surface area contributed by atoms with Gasteiger partial charge in [-0.3, -0.25) is 9.88 Å². The Balaban J connectivity index is 1.22. The Morgan fingerprint density at radius 1 is 1.14 bits per heavy atom. The molecule has 2 aliphatic heterocycles. The minimum absolute atomic E-state index is 0.209. The maximum atomic E-state index is 14.3. The zero-order valence-electron chi connectivity index (χ0n) is 19.4. The van der Waals surface area contributed by atoms with Gasteiger partial charge in [0.2, 0.25) is 0 Å².